The number of nitrogens with zero attached hydrogens (tertiary/aromatic N) is 2. The Balaban J connectivity index is 2.13. The number of ether oxygens (including phenoxy) is 1. The summed E-state index contributed by atoms with van der Waals surface area (Å²) in [5.74, 6) is 1.63. The quantitative estimate of drug-likeness (QED) is 0.848. The molecule has 6 heteroatoms. The Morgan fingerprint density at radius 1 is 1.47 bits per heavy atom. The van der Waals surface area contributed by atoms with Gasteiger partial charge in [-0.3, -0.25) is 0 Å². The van der Waals surface area contributed by atoms with Crippen LogP contribution in [-0.4, -0.2) is 21.8 Å². The number of halogens is 1. The number of imidazole rings is 1. The number of aromatic nitrogens is 2. The molecule has 0 atom stereocenters. The van der Waals surface area contributed by atoms with Crippen LogP contribution in [0, 0.1) is 0 Å². The van der Waals surface area contributed by atoms with E-state index in [0.29, 0.717) is 0 Å². The number of methoxy groups -OCH3 is 1. The molecule has 0 unspecified atom stereocenters. The van der Waals surface area contributed by atoms with Crippen molar-refractivity contribution in [3.63, 3.8) is 0 Å². The first-order valence-corrected chi connectivity index (χ1v) is 7.50. The van der Waals surface area contributed by atoms with E-state index in [1.807, 2.05) is 29.8 Å². The highest BCUT2D eigenvalue weighted by atomic mass is 79.9. The SMILES string of the molecule is COc1ccc(Br)cc1CSc1ncc(CO)n1C. The van der Waals surface area contributed by atoms with Gasteiger partial charge in [-0.1, -0.05) is 27.7 Å². The fourth-order valence-electron chi connectivity index (χ4n) is 1.71. The molecule has 4 nitrogen and oxygen atoms in total. The topological polar surface area (TPSA) is 47.3 Å². The highest BCUT2D eigenvalue weighted by Gasteiger charge is 2.09. The molecule has 0 aliphatic carbocycles. The Hall–Kier alpha value is -0.980. The first kappa shape index (κ1) is 14.4. The van der Waals surface area contributed by atoms with Gasteiger partial charge >= 0.3 is 0 Å². The molecule has 0 fully saturated rings. The standard InChI is InChI=1S/C13H15BrN2O2S/c1-16-11(7-17)6-15-13(16)19-8-9-5-10(14)3-4-12(9)18-2/h3-6,17H,7-8H2,1-2H3. The van der Waals surface area contributed by atoms with Crippen molar-refractivity contribution in [1.82, 2.24) is 9.55 Å². The average Bonchev–Trinajstić information content (AvgIpc) is 2.77. The summed E-state index contributed by atoms with van der Waals surface area (Å²) in [6.07, 6.45) is 1.69. The van der Waals surface area contributed by atoms with Crippen LogP contribution in [0.3, 0.4) is 0 Å². The van der Waals surface area contributed by atoms with E-state index in [4.69, 9.17) is 9.84 Å². The molecule has 0 spiro atoms. The largest absolute Gasteiger partial charge is 0.496 e. The van der Waals surface area contributed by atoms with Gasteiger partial charge < -0.3 is 14.4 Å². The highest BCUT2D eigenvalue weighted by molar-refractivity contribution is 9.10. The summed E-state index contributed by atoms with van der Waals surface area (Å²) in [6.45, 7) is 0.00423. The van der Waals surface area contributed by atoms with Crippen molar-refractivity contribution in [3.05, 3.63) is 40.1 Å². The van der Waals surface area contributed by atoms with E-state index >= 15 is 0 Å². The summed E-state index contributed by atoms with van der Waals surface area (Å²) in [5.41, 5.74) is 1.92. The Morgan fingerprint density at radius 2 is 2.26 bits per heavy atom. The third-order valence-corrected chi connectivity index (χ3v) is 4.39. The molecular weight excluding hydrogens is 328 g/mol. The van der Waals surface area contributed by atoms with Gasteiger partial charge in [0.25, 0.3) is 0 Å². The van der Waals surface area contributed by atoms with Crippen molar-refractivity contribution in [1.29, 1.82) is 0 Å². The third kappa shape index (κ3) is 3.32. The second-order valence-electron chi connectivity index (χ2n) is 3.99. The Morgan fingerprint density at radius 3 is 2.89 bits per heavy atom. The normalized spacial score (nSPS) is 10.7. The second kappa shape index (κ2) is 6.45. The van der Waals surface area contributed by atoms with E-state index < -0.39 is 0 Å². The number of hydrogen-bond acceptors (Lipinski definition) is 4. The first-order valence-electron chi connectivity index (χ1n) is 5.72. The lowest BCUT2D eigenvalue weighted by Crippen LogP contribution is -1.98. The molecule has 102 valence electrons. The molecule has 0 radical (unpaired) electrons. The Kier molecular flexibility index (Phi) is 4.90. The molecule has 1 heterocycles. The predicted molar refractivity (Wildman–Crippen MR) is 79.4 cm³/mol. The van der Waals surface area contributed by atoms with Gasteiger partial charge in [0, 0.05) is 22.8 Å². The van der Waals surface area contributed by atoms with Crippen molar-refractivity contribution in [2.75, 3.05) is 7.11 Å². The number of aliphatic hydroxyl groups excluding tert-OH is 1. The molecule has 0 aliphatic rings. The zero-order chi connectivity index (χ0) is 13.8. The van der Waals surface area contributed by atoms with Crippen molar-refractivity contribution in [2.45, 2.75) is 17.5 Å². The van der Waals surface area contributed by atoms with E-state index in [2.05, 4.69) is 20.9 Å². The molecule has 19 heavy (non-hydrogen) atoms. The Bertz CT molecular complexity index is 572. The smallest absolute Gasteiger partial charge is 0.168 e. The molecule has 2 aromatic rings. The molecular formula is C13H15BrN2O2S. The maximum absolute atomic E-state index is 9.14. The van der Waals surface area contributed by atoms with Crippen molar-refractivity contribution in [3.8, 4) is 5.75 Å². The fraction of sp³-hybridized carbons (Fsp3) is 0.308. The van der Waals surface area contributed by atoms with Crippen molar-refractivity contribution in [2.24, 2.45) is 7.05 Å². The van der Waals surface area contributed by atoms with Crippen LogP contribution >= 0.6 is 27.7 Å². The average molecular weight is 343 g/mol. The molecule has 0 amide bonds. The van der Waals surface area contributed by atoms with Gasteiger partial charge in [0.15, 0.2) is 5.16 Å². The summed E-state index contributed by atoms with van der Waals surface area (Å²) in [5, 5.41) is 10.0. The number of thioether (sulfide) groups is 1. The van der Waals surface area contributed by atoms with Gasteiger partial charge in [-0.25, -0.2) is 4.98 Å². The van der Waals surface area contributed by atoms with Crippen molar-refractivity contribution < 1.29 is 9.84 Å². The van der Waals surface area contributed by atoms with Crippen LogP contribution < -0.4 is 4.74 Å². The van der Waals surface area contributed by atoms with Gasteiger partial charge in [0.2, 0.25) is 0 Å². The molecule has 2 rings (SSSR count). The molecule has 0 bridgehead atoms. The van der Waals surface area contributed by atoms with Crippen LogP contribution in [0.5, 0.6) is 5.75 Å². The summed E-state index contributed by atoms with van der Waals surface area (Å²) in [6, 6.07) is 5.94. The minimum absolute atomic E-state index is 0.00423. The van der Waals surface area contributed by atoms with Gasteiger partial charge in [-0.05, 0) is 18.2 Å². The maximum atomic E-state index is 9.14. The van der Waals surface area contributed by atoms with Crippen LogP contribution in [0.15, 0.2) is 34.0 Å². The van der Waals surface area contributed by atoms with Crippen LogP contribution in [0.1, 0.15) is 11.3 Å². The van der Waals surface area contributed by atoms with Crippen LogP contribution in [0.4, 0.5) is 0 Å². The van der Waals surface area contributed by atoms with Crippen LogP contribution in [-0.2, 0) is 19.4 Å². The van der Waals surface area contributed by atoms with Crippen LogP contribution in [0.2, 0.25) is 0 Å². The van der Waals surface area contributed by atoms with E-state index in [9.17, 15) is 0 Å². The second-order valence-corrected chi connectivity index (χ2v) is 5.85. The minimum atomic E-state index is 0.00423. The summed E-state index contributed by atoms with van der Waals surface area (Å²) in [7, 11) is 3.57. The lowest BCUT2D eigenvalue weighted by atomic mass is 10.2. The number of aliphatic hydroxyl groups is 1. The molecule has 1 aromatic heterocycles. The molecule has 1 aromatic carbocycles. The minimum Gasteiger partial charge on any atom is -0.496 e. The number of hydrogen-bond donors (Lipinski definition) is 1. The van der Waals surface area contributed by atoms with Gasteiger partial charge in [0.1, 0.15) is 5.75 Å². The van der Waals surface area contributed by atoms with E-state index in [0.717, 1.165) is 32.4 Å². The lowest BCUT2D eigenvalue weighted by Gasteiger charge is -2.09. The molecule has 0 saturated heterocycles. The van der Waals surface area contributed by atoms with E-state index in [-0.39, 0.29) is 6.61 Å². The van der Waals surface area contributed by atoms with E-state index in [1.165, 1.54) is 0 Å². The monoisotopic (exact) mass is 342 g/mol. The number of rotatable bonds is 5. The van der Waals surface area contributed by atoms with E-state index in [1.54, 1.807) is 25.1 Å². The zero-order valence-corrected chi connectivity index (χ0v) is 13.2. The molecule has 1 N–H and O–H groups in total. The van der Waals surface area contributed by atoms with Gasteiger partial charge in [-0.15, -0.1) is 0 Å². The van der Waals surface area contributed by atoms with Gasteiger partial charge in [0.05, 0.1) is 25.6 Å². The van der Waals surface area contributed by atoms with Crippen LogP contribution in [0.25, 0.3) is 0 Å². The van der Waals surface area contributed by atoms with Gasteiger partial charge in [-0.2, -0.15) is 0 Å². The first-order chi connectivity index (χ1) is 9.15. The van der Waals surface area contributed by atoms with Crippen molar-refractivity contribution >= 4 is 27.7 Å². The highest BCUT2D eigenvalue weighted by Crippen LogP contribution is 2.29. The maximum Gasteiger partial charge on any atom is 0.168 e. The third-order valence-electron chi connectivity index (χ3n) is 2.80. The lowest BCUT2D eigenvalue weighted by molar-refractivity contribution is 0.271. The predicted octanol–water partition coefficient (Wildman–Crippen LogP) is 2.98. The Labute approximate surface area is 124 Å². The zero-order valence-electron chi connectivity index (χ0n) is 10.8. The summed E-state index contributed by atoms with van der Waals surface area (Å²) in [4.78, 5) is 4.29. The molecule has 0 aliphatic heterocycles. The summed E-state index contributed by atoms with van der Waals surface area (Å²) < 4.78 is 8.27. The molecule has 0 saturated carbocycles. The summed E-state index contributed by atoms with van der Waals surface area (Å²) >= 11 is 5.08. The fourth-order valence-corrected chi connectivity index (χ4v) is 3.07. The number of benzene rings is 1.